The van der Waals surface area contributed by atoms with Crippen molar-refractivity contribution in [2.45, 2.75) is 13.5 Å². The smallest absolute Gasteiger partial charge is 0.238 e. The first-order chi connectivity index (χ1) is 14.5. The van der Waals surface area contributed by atoms with Gasteiger partial charge in [-0.2, -0.15) is 0 Å². The number of benzene rings is 2. The van der Waals surface area contributed by atoms with Gasteiger partial charge in [0.1, 0.15) is 0 Å². The van der Waals surface area contributed by atoms with Crippen molar-refractivity contribution in [2.75, 3.05) is 23.7 Å². The van der Waals surface area contributed by atoms with Crippen LogP contribution < -0.4 is 10.6 Å². The lowest BCUT2D eigenvalue weighted by Crippen LogP contribution is -2.38. The van der Waals surface area contributed by atoms with E-state index < -0.39 is 0 Å². The molecule has 7 heteroatoms. The van der Waals surface area contributed by atoms with Crippen molar-refractivity contribution in [3.05, 3.63) is 89.2 Å². The molecule has 2 N–H and O–H groups in total. The molecule has 0 saturated carbocycles. The molecule has 0 fully saturated rings. The molecule has 0 spiro atoms. The SMILES string of the molecule is Cc1ccc(NC(=O)CN(CC(=O)Nc2ccc(Cl)cc2)Cc2cccnc2)cc1. The lowest BCUT2D eigenvalue weighted by atomic mass is 10.2. The fraction of sp³-hybridized carbons (Fsp3) is 0.174. The monoisotopic (exact) mass is 422 g/mol. The molecule has 30 heavy (non-hydrogen) atoms. The summed E-state index contributed by atoms with van der Waals surface area (Å²) in [6, 6.07) is 18.2. The molecular weight excluding hydrogens is 400 g/mol. The molecule has 0 bridgehead atoms. The molecule has 2 amide bonds. The van der Waals surface area contributed by atoms with E-state index >= 15 is 0 Å². The maximum absolute atomic E-state index is 12.6. The molecular formula is C23H23ClN4O2. The first-order valence-corrected chi connectivity index (χ1v) is 9.89. The number of aromatic nitrogens is 1. The van der Waals surface area contributed by atoms with E-state index in [-0.39, 0.29) is 24.9 Å². The summed E-state index contributed by atoms with van der Waals surface area (Å²) >= 11 is 5.88. The van der Waals surface area contributed by atoms with E-state index in [1.165, 1.54) is 0 Å². The van der Waals surface area contributed by atoms with Crippen LogP contribution in [0.5, 0.6) is 0 Å². The van der Waals surface area contributed by atoms with Gasteiger partial charge in [-0.15, -0.1) is 0 Å². The van der Waals surface area contributed by atoms with Crippen LogP contribution in [0, 0.1) is 6.92 Å². The minimum Gasteiger partial charge on any atom is -0.325 e. The van der Waals surface area contributed by atoms with Crippen molar-refractivity contribution < 1.29 is 9.59 Å². The largest absolute Gasteiger partial charge is 0.325 e. The Balaban J connectivity index is 1.64. The van der Waals surface area contributed by atoms with Gasteiger partial charge in [0.15, 0.2) is 0 Å². The molecule has 154 valence electrons. The standard InChI is InChI=1S/C23H23ClN4O2/c1-17-4-8-20(9-5-17)26-22(29)15-28(14-18-3-2-12-25-13-18)16-23(30)27-21-10-6-19(24)7-11-21/h2-13H,14-16H2,1H3,(H,26,29)(H,27,30). The number of carbonyl (C=O) groups is 2. The summed E-state index contributed by atoms with van der Waals surface area (Å²) in [6.45, 7) is 2.53. The van der Waals surface area contributed by atoms with Gasteiger partial charge in [0.25, 0.3) is 0 Å². The van der Waals surface area contributed by atoms with Gasteiger partial charge in [-0.25, -0.2) is 0 Å². The second-order valence-corrected chi connectivity index (χ2v) is 7.41. The summed E-state index contributed by atoms with van der Waals surface area (Å²) in [7, 11) is 0. The first-order valence-electron chi connectivity index (χ1n) is 9.51. The lowest BCUT2D eigenvalue weighted by Gasteiger charge is -2.21. The highest BCUT2D eigenvalue weighted by Crippen LogP contribution is 2.14. The van der Waals surface area contributed by atoms with Gasteiger partial charge in [0.2, 0.25) is 11.8 Å². The molecule has 2 aromatic carbocycles. The van der Waals surface area contributed by atoms with E-state index in [4.69, 9.17) is 11.6 Å². The van der Waals surface area contributed by atoms with E-state index in [9.17, 15) is 9.59 Å². The molecule has 3 rings (SSSR count). The zero-order valence-corrected chi connectivity index (χ0v) is 17.4. The molecule has 0 atom stereocenters. The summed E-state index contributed by atoms with van der Waals surface area (Å²) in [5.41, 5.74) is 3.40. The van der Waals surface area contributed by atoms with E-state index in [2.05, 4.69) is 15.6 Å². The molecule has 0 aliphatic carbocycles. The molecule has 0 aliphatic rings. The Morgan fingerprint density at radius 2 is 1.47 bits per heavy atom. The number of hydrogen-bond acceptors (Lipinski definition) is 4. The van der Waals surface area contributed by atoms with Crippen molar-refractivity contribution in [3.8, 4) is 0 Å². The second kappa shape index (κ2) is 10.5. The predicted molar refractivity (Wildman–Crippen MR) is 119 cm³/mol. The Kier molecular flexibility index (Phi) is 7.54. The van der Waals surface area contributed by atoms with Crippen LogP contribution >= 0.6 is 11.6 Å². The van der Waals surface area contributed by atoms with Crippen molar-refractivity contribution in [3.63, 3.8) is 0 Å². The molecule has 6 nitrogen and oxygen atoms in total. The van der Waals surface area contributed by atoms with Crippen LogP contribution in [0.4, 0.5) is 11.4 Å². The van der Waals surface area contributed by atoms with Gasteiger partial charge in [0, 0.05) is 35.3 Å². The van der Waals surface area contributed by atoms with Crippen molar-refractivity contribution in [1.82, 2.24) is 9.88 Å². The summed E-state index contributed by atoms with van der Waals surface area (Å²) in [6.07, 6.45) is 3.41. The number of amides is 2. The summed E-state index contributed by atoms with van der Waals surface area (Å²) in [5, 5.41) is 6.30. The topological polar surface area (TPSA) is 74.3 Å². The van der Waals surface area contributed by atoms with Crippen molar-refractivity contribution >= 4 is 34.8 Å². The number of aryl methyl sites for hydroxylation is 1. The molecule has 0 unspecified atom stereocenters. The number of nitrogens with zero attached hydrogens (tertiary/aromatic N) is 2. The van der Waals surface area contributed by atoms with Gasteiger partial charge in [-0.05, 0) is 55.0 Å². The van der Waals surface area contributed by atoms with Crippen LogP contribution in [0.2, 0.25) is 5.02 Å². The highest BCUT2D eigenvalue weighted by molar-refractivity contribution is 6.30. The van der Waals surface area contributed by atoms with Gasteiger partial charge in [-0.1, -0.05) is 35.4 Å². The van der Waals surface area contributed by atoms with E-state index in [1.807, 2.05) is 43.3 Å². The van der Waals surface area contributed by atoms with Gasteiger partial charge < -0.3 is 10.6 Å². The maximum Gasteiger partial charge on any atom is 0.238 e. The van der Waals surface area contributed by atoms with Crippen LogP contribution in [0.25, 0.3) is 0 Å². The molecule has 3 aromatic rings. The summed E-state index contributed by atoms with van der Waals surface area (Å²) < 4.78 is 0. The van der Waals surface area contributed by atoms with Crippen molar-refractivity contribution in [1.29, 1.82) is 0 Å². The Morgan fingerprint density at radius 1 is 0.900 bits per heavy atom. The Hall–Kier alpha value is -3.22. The third-order valence-corrected chi connectivity index (χ3v) is 4.58. The number of nitrogens with one attached hydrogen (secondary N) is 2. The Morgan fingerprint density at radius 3 is 2.00 bits per heavy atom. The van der Waals surface area contributed by atoms with Gasteiger partial charge >= 0.3 is 0 Å². The molecule has 1 heterocycles. The average Bonchev–Trinajstić information content (AvgIpc) is 2.72. The van der Waals surface area contributed by atoms with Gasteiger partial charge in [0.05, 0.1) is 13.1 Å². The van der Waals surface area contributed by atoms with Crippen molar-refractivity contribution in [2.24, 2.45) is 0 Å². The van der Waals surface area contributed by atoms with Crippen LogP contribution in [-0.4, -0.2) is 34.8 Å². The number of hydrogen-bond donors (Lipinski definition) is 2. The fourth-order valence-corrected chi connectivity index (χ4v) is 3.02. The normalized spacial score (nSPS) is 10.6. The average molecular weight is 423 g/mol. The Bertz CT molecular complexity index is 915. The first kappa shape index (κ1) is 21.5. The highest BCUT2D eigenvalue weighted by atomic mass is 35.5. The minimum atomic E-state index is -0.218. The number of pyridine rings is 1. The summed E-state index contributed by atoms with van der Waals surface area (Å²) in [5.74, 6) is -0.411. The zero-order chi connectivity index (χ0) is 21.3. The predicted octanol–water partition coefficient (Wildman–Crippen LogP) is 4.12. The highest BCUT2D eigenvalue weighted by Gasteiger charge is 2.16. The minimum absolute atomic E-state index is 0.0544. The van der Waals surface area contributed by atoms with E-state index in [0.717, 1.165) is 16.8 Å². The maximum atomic E-state index is 12.6. The fourth-order valence-electron chi connectivity index (χ4n) is 2.89. The molecule has 0 radical (unpaired) electrons. The number of rotatable bonds is 8. The third kappa shape index (κ3) is 6.99. The molecule has 1 aromatic heterocycles. The van der Waals surface area contributed by atoms with E-state index in [1.54, 1.807) is 41.6 Å². The number of carbonyl (C=O) groups excluding carboxylic acids is 2. The van der Waals surface area contributed by atoms with Crippen LogP contribution in [0.1, 0.15) is 11.1 Å². The quantitative estimate of drug-likeness (QED) is 0.572. The number of halogens is 1. The number of anilines is 2. The van der Waals surface area contributed by atoms with Crippen LogP contribution in [-0.2, 0) is 16.1 Å². The van der Waals surface area contributed by atoms with Crippen LogP contribution in [0.15, 0.2) is 73.1 Å². The summed E-state index contributed by atoms with van der Waals surface area (Å²) in [4.78, 5) is 31.0. The molecule has 0 aliphatic heterocycles. The third-order valence-electron chi connectivity index (χ3n) is 4.33. The zero-order valence-electron chi connectivity index (χ0n) is 16.6. The lowest BCUT2D eigenvalue weighted by molar-refractivity contribution is -0.120. The van der Waals surface area contributed by atoms with E-state index in [0.29, 0.717) is 17.3 Å². The van der Waals surface area contributed by atoms with Gasteiger partial charge in [-0.3, -0.25) is 19.5 Å². The van der Waals surface area contributed by atoms with Crippen LogP contribution in [0.3, 0.4) is 0 Å². The second-order valence-electron chi connectivity index (χ2n) is 6.98. The Labute approximate surface area is 180 Å². The molecule has 0 saturated heterocycles.